The van der Waals surface area contributed by atoms with Gasteiger partial charge in [0.25, 0.3) is 0 Å². The third-order valence-electron chi connectivity index (χ3n) is 4.32. The van der Waals surface area contributed by atoms with Crippen molar-refractivity contribution in [3.8, 4) is 0 Å². The van der Waals surface area contributed by atoms with Gasteiger partial charge in [0, 0.05) is 24.2 Å². The highest BCUT2D eigenvalue weighted by Gasteiger charge is 2.44. The minimum atomic E-state index is 0.508. The minimum Gasteiger partial charge on any atom is -0.328 e. The van der Waals surface area contributed by atoms with E-state index in [9.17, 15) is 0 Å². The Kier molecular flexibility index (Phi) is 1.88. The zero-order valence-electron chi connectivity index (χ0n) is 8.28. The second kappa shape index (κ2) is 2.96. The maximum absolute atomic E-state index is 6.05. The number of hydrogen-bond donors (Lipinski definition) is 1. The van der Waals surface area contributed by atoms with Gasteiger partial charge in [-0.25, -0.2) is 0 Å². The van der Waals surface area contributed by atoms with Crippen LogP contribution in [0.3, 0.4) is 0 Å². The van der Waals surface area contributed by atoms with Crippen LogP contribution in [-0.2, 0) is 0 Å². The first-order valence-corrected chi connectivity index (χ1v) is 5.87. The summed E-state index contributed by atoms with van der Waals surface area (Å²) in [5.74, 6) is 0. The average Bonchev–Trinajstić information content (AvgIpc) is 2.30. The van der Waals surface area contributed by atoms with Crippen LogP contribution in [-0.4, -0.2) is 29.1 Å². The van der Waals surface area contributed by atoms with Crippen molar-refractivity contribution in [3.63, 3.8) is 0 Å². The molecule has 0 aromatic carbocycles. The molecule has 3 aliphatic rings. The lowest BCUT2D eigenvalue weighted by atomic mass is 9.86. The van der Waals surface area contributed by atoms with Gasteiger partial charge in [0.2, 0.25) is 0 Å². The van der Waals surface area contributed by atoms with Gasteiger partial charge in [-0.15, -0.1) is 0 Å². The molecule has 2 aliphatic heterocycles. The summed E-state index contributed by atoms with van der Waals surface area (Å²) in [4.78, 5) is 2.83. The van der Waals surface area contributed by atoms with Crippen molar-refractivity contribution < 1.29 is 0 Å². The second-order valence-electron chi connectivity index (χ2n) is 5.15. The molecular weight excluding hydrogens is 160 g/mol. The highest BCUT2D eigenvalue weighted by Crippen LogP contribution is 2.41. The van der Waals surface area contributed by atoms with Gasteiger partial charge in [-0.2, -0.15) is 0 Å². The molecule has 0 aromatic rings. The Morgan fingerprint density at radius 2 is 1.46 bits per heavy atom. The molecule has 2 nitrogen and oxygen atoms in total. The van der Waals surface area contributed by atoms with Gasteiger partial charge in [-0.3, -0.25) is 4.90 Å². The number of nitrogens with two attached hydrogens (primary N) is 1. The lowest BCUT2D eigenvalue weighted by Gasteiger charge is -2.46. The number of nitrogens with zero attached hydrogens (tertiary/aromatic N) is 1. The van der Waals surface area contributed by atoms with Gasteiger partial charge >= 0.3 is 0 Å². The van der Waals surface area contributed by atoms with Crippen LogP contribution in [0.2, 0.25) is 0 Å². The van der Waals surface area contributed by atoms with Crippen LogP contribution in [0.5, 0.6) is 0 Å². The van der Waals surface area contributed by atoms with E-state index in [0.717, 1.165) is 18.1 Å². The molecule has 1 aliphatic carbocycles. The Balaban J connectivity index is 1.74. The van der Waals surface area contributed by atoms with Crippen molar-refractivity contribution in [3.05, 3.63) is 0 Å². The van der Waals surface area contributed by atoms with Crippen molar-refractivity contribution in [2.75, 3.05) is 0 Å². The van der Waals surface area contributed by atoms with Crippen LogP contribution in [0, 0.1) is 0 Å². The van der Waals surface area contributed by atoms with Crippen molar-refractivity contribution in [2.45, 2.75) is 69.1 Å². The van der Waals surface area contributed by atoms with Gasteiger partial charge < -0.3 is 5.73 Å². The summed E-state index contributed by atoms with van der Waals surface area (Å²) in [6.45, 7) is 0. The van der Waals surface area contributed by atoms with Crippen LogP contribution < -0.4 is 5.73 Å². The topological polar surface area (TPSA) is 29.3 Å². The van der Waals surface area contributed by atoms with E-state index in [4.69, 9.17) is 5.73 Å². The largest absolute Gasteiger partial charge is 0.328 e. The van der Waals surface area contributed by atoms with E-state index in [-0.39, 0.29) is 0 Å². The average molecular weight is 180 g/mol. The van der Waals surface area contributed by atoms with Crippen molar-refractivity contribution in [2.24, 2.45) is 5.73 Å². The number of piperidine rings is 1. The summed E-state index contributed by atoms with van der Waals surface area (Å²) in [6, 6.07) is 3.18. The summed E-state index contributed by atoms with van der Waals surface area (Å²) in [5, 5.41) is 0. The number of rotatable bonds is 1. The molecule has 0 spiro atoms. The molecule has 3 rings (SSSR count). The maximum atomic E-state index is 6.05. The first-order valence-electron chi connectivity index (χ1n) is 5.87. The molecule has 0 amide bonds. The first kappa shape index (κ1) is 8.25. The van der Waals surface area contributed by atoms with Gasteiger partial charge in [0.05, 0.1) is 0 Å². The third-order valence-corrected chi connectivity index (χ3v) is 4.32. The minimum absolute atomic E-state index is 0.508. The molecule has 2 bridgehead atoms. The zero-order valence-corrected chi connectivity index (χ0v) is 8.28. The Morgan fingerprint density at radius 3 is 1.92 bits per heavy atom. The van der Waals surface area contributed by atoms with E-state index in [2.05, 4.69) is 4.90 Å². The van der Waals surface area contributed by atoms with Crippen LogP contribution in [0.15, 0.2) is 0 Å². The van der Waals surface area contributed by atoms with E-state index in [1.54, 1.807) is 0 Å². The highest BCUT2D eigenvalue weighted by molar-refractivity contribution is 5.00. The van der Waals surface area contributed by atoms with Crippen LogP contribution in [0.1, 0.15) is 44.9 Å². The molecule has 2 N–H and O–H groups in total. The predicted molar refractivity (Wildman–Crippen MR) is 53.5 cm³/mol. The van der Waals surface area contributed by atoms with E-state index in [1.165, 1.54) is 44.9 Å². The van der Waals surface area contributed by atoms with E-state index in [1.807, 2.05) is 0 Å². The summed E-state index contributed by atoms with van der Waals surface area (Å²) >= 11 is 0. The van der Waals surface area contributed by atoms with Crippen molar-refractivity contribution >= 4 is 0 Å². The summed E-state index contributed by atoms with van der Waals surface area (Å²) in [6.07, 6.45) is 9.78. The fraction of sp³-hybridized carbons (Fsp3) is 1.00. The smallest absolute Gasteiger partial charge is 0.0116 e. The number of fused-ring (bicyclic) bond motifs is 2. The van der Waals surface area contributed by atoms with E-state index < -0.39 is 0 Å². The summed E-state index contributed by atoms with van der Waals surface area (Å²) in [7, 11) is 0. The number of hydrogen-bond acceptors (Lipinski definition) is 2. The molecule has 1 saturated carbocycles. The summed E-state index contributed by atoms with van der Waals surface area (Å²) in [5.41, 5.74) is 6.05. The maximum Gasteiger partial charge on any atom is 0.0116 e. The molecule has 13 heavy (non-hydrogen) atoms. The molecule has 2 heteroatoms. The first-order chi connectivity index (χ1) is 6.34. The Morgan fingerprint density at radius 1 is 0.846 bits per heavy atom. The van der Waals surface area contributed by atoms with Gasteiger partial charge in [-0.05, 0) is 38.5 Å². The standard InChI is InChI=1S/C11H20N2/c12-8-6-10-4-5-11(7-8)13(10)9-2-1-3-9/h8-11H,1-7,12H2/t8?,10-,11+. The molecule has 3 fully saturated rings. The van der Waals surface area contributed by atoms with Crippen molar-refractivity contribution in [1.82, 2.24) is 4.90 Å². The van der Waals surface area contributed by atoms with E-state index in [0.29, 0.717) is 6.04 Å². The quantitative estimate of drug-likeness (QED) is 0.662. The Labute approximate surface area is 80.5 Å². The lowest BCUT2D eigenvalue weighted by molar-refractivity contribution is 0.0382. The molecule has 2 saturated heterocycles. The molecule has 3 atom stereocenters. The molecule has 74 valence electrons. The fourth-order valence-corrected chi connectivity index (χ4v) is 3.54. The molecule has 1 unspecified atom stereocenters. The Hall–Kier alpha value is -0.0800. The molecule has 0 aromatic heterocycles. The summed E-state index contributed by atoms with van der Waals surface area (Å²) < 4.78 is 0. The van der Waals surface area contributed by atoms with Crippen LogP contribution in [0.4, 0.5) is 0 Å². The lowest BCUT2D eigenvalue weighted by Crippen LogP contribution is -2.53. The highest BCUT2D eigenvalue weighted by atomic mass is 15.3. The van der Waals surface area contributed by atoms with Gasteiger partial charge in [0.1, 0.15) is 0 Å². The van der Waals surface area contributed by atoms with Gasteiger partial charge in [-0.1, -0.05) is 6.42 Å². The normalized spacial score (nSPS) is 46.4. The van der Waals surface area contributed by atoms with Crippen LogP contribution >= 0.6 is 0 Å². The Bertz CT molecular complexity index is 186. The monoisotopic (exact) mass is 180 g/mol. The molecule has 0 radical (unpaired) electrons. The molecular formula is C11H20N2. The van der Waals surface area contributed by atoms with Crippen molar-refractivity contribution in [1.29, 1.82) is 0 Å². The zero-order chi connectivity index (χ0) is 8.84. The predicted octanol–water partition coefficient (Wildman–Crippen LogP) is 1.49. The SMILES string of the molecule is NC1C[C@H]2CC[C@@H](C1)N2C1CCC1. The second-order valence-corrected chi connectivity index (χ2v) is 5.15. The van der Waals surface area contributed by atoms with Crippen LogP contribution in [0.25, 0.3) is 0 Å². The third kappa shape index (κ3) is 1.23. The van der Waals surface area contributed by atoms with Gasteiger partial charge in [0.15, 0.2) is 0 Å². The van der Waals surface area contributed by atoms with E-state index >= 15 is 0 Å². The fourth-order valence-electron chi connectivity index (χ4n) is 3.54. The molecule has 2 heterocycles.